The summed E-state index contributed by atoms with van der Waals surface area (Å²) in [5, 5.41) is 11.9. The molecule has 1 N–H and O–H groups in total. The van der Waals surface area contributed by atoms with Gasteiger partial charge in [-0.3, -0.25) is 9.59 Å². The third-order valence-electron chi connectivity index (χ3n) is 13.3. The smallest absolute Gasteiger partial charge is 0.144 e. The molecule has 3 heteroatoms. The minimum atomic E-state index is -0.442. The van der Waals surface area contributed by atoms with Gasteiger partial charge >= 0.3 is 0 Å². The van der Waals surface area contributed by atoms with E-state index in [9.17, 15) is 14.7 Å². The van der Waals surface area contributed by atoms with E-state index >= 15 is 0 Å². The molecule has 186 valence electrons. The molecule has 0 aromatic heterocycles. The van der Waals surface area contributed by atoms with E-state index in [2.05, 4.69) is 48.5 Å². The first-order valence-electron chi connectivity index (χ1n) is 13.8. The van der Waals surface area contributed by atoms with E-state index in [1.165, 1.54) is 25.7 Å². The molecule has 3 nitrogen and oxygen atoms in total. The maximum absolute atomic E-state index is 13.6. The number of hydrogen-bond acceptors (Lipinski definition) is 3. The van der Waals surface area contributed by atoms with Gasteiger partial charge in [0.05, 0.1) is 12.5 Å². The zero-order valence-electron chi connectivity index (χ0n) is 22.5. The van der Waals surface area contributed by atoms with Crippen LogP contribution in [0, 0.1) is 56.2 Å². The standard InChI is InChI=1S/C30H48O3/c1-18-19(31)15-20(32)23-27(5)12-14-29(7)22-17-25(2,3)9-10-26(22,4)11-13-30(29,8)24(27)21(33)16-28(18,23)6/h18,21-24,33H,9-17H2,1-8H3/t18-,21+,22+,23?,24?,26+,27-,28+,29?,30+/m0/s1. The summed E-state index contributed by atoms with van der Waals surface area (Å²) in [4.78, 5) is 26.3. The molecule has 0 radical (unpaired) electrons. The highest BCUT2D eigenvalue weighted by atomic mass is 16.3. The quantitative estimate of drug-likeness (QED) is 0.417. The van der Waals surface area contributed by atoms with Crippen LogP contribution in [-0.2, 0) is 9.59 Å². The second-order valence-electron chi connectivity index (χ2n) is 15.4. The highest BCUT2D eigenvalue weighted by Crippen LogP contribution is 2.78. The highest BCUT2D eigenvalue weighted by Gasteiger charge is 2.74. The fourth-order valence-corrected chi connectivity index (χ4v) is 11.2. The lowest BCUT2D eigenvalue weighted by atomic mass is 9.29. The Bertz CT molecular complexity index is 891. The van der Waals surface area contributed by atoms with E-state index in [0.29, 0.717) is 23.2 Å². The number of carbonyl (C=O) groups excluding carboxylic acids is 2. The minimum absolute atomic E-state index is 0.0172. The number of hydrogen-bond donors (Lipinski definition) is 1. The summed E-state index contributed by atoms with van der Waals surface area (Å²) >= 11 is 0. The first-order chi connectivity index (χ1) is 15.0. The molecule has 0 aromatic carbocycles. The normalized spacial score (nSPS) is 58.0. The monoisotopic (exact) mass is 456 g/mol. The van der Waals surface area contributed by atoms with E-state index in [1.807, 2.05) is 6.92 Å². The molecule has 0 heterocycles. The van der Waals surface area contributed by atoms with E-state index in [4.69, 9.17) is 0 Å². The van der Waals surface area contributed by atoms with Crippen LogP contribution < -0.4 is 0 Å². The number of ketones is 2. The molecular weight excluding hydrogens is 408 g/mol. The Morgan fingerprint density at radius 3 is 2.00 bits per heavy atom. The van der Waals surface area contributed by atoms with Crippen LogP contribution in [0.15, 0.2) is 0 Å². The second-order valence-corrected chi connectivity index (χ2v) is 15.4. The molecular formula is C30H48O3. The van der Waals surface area contributed by atoms with Crippen LogP contribution >= 0.6 is 0 Å². The van der Waals surface area contributed by atoms with Gasteiger partial charge in [-0.25, -0.2) is 0 Å². The molecule has 5 fully saturated rings. The second kappa shape index (κ2) is 6.74. The van der Waals surface area contributed by atoms with Crippen molar-refractivity contribution in [1.82, 2.24) is 0 Å². The maximum atomic E-state index is 13.6. The number of aliphatic hydroxyl groups excluding tert-OH is 1. The summed E-state index contributed by atoms with van der Waals surface area (Å²) in [7, 11) is 0. The molecule has 33 heavy (non-hydrogen) atoms. The van der Waals surface area contributed by atoms with Crippen molar-refractivity contribution in [2.75, 3.05) is 0 Å². The third-order valence-corrected chi connectivity index (χ3v) is 13.3. The van der Waals surface area contributed by atoms with Gasteiger partial charge in [0.1, 0.15) is 11.6 Å². The Kier molecular flexibility index (Phi) is 4.90. The summed E-state index contributed by atoms with van der Waals surface area (Å²) < 4.78 is 0. The van der Waals surface area contributed by atoms with Crippen molar-refractivity contribution >= 4 is 11.6 Å². The molecule has 0 bridgehead atoms. The summed E-state index contributed by atoms with van der Waals surface area (Å²) in [6.45, 7) is 19.0. The summed E-state index contributed by atoms with van der Waals surface area (Å²) in [6, 6.07) is 0. The molecule has 3 unspecified atom stereocenters. The largest absolute Gasteiger partial charge is 0.393 e. The van der Waals surface area contributed by atoms with Crippen molar-refractivity contribution in [1.29, 1.82) is 0 Å². The van der Waals surface area contributed by atoms with E-state index in [0.717, 1.165) is 19.3 Å². The molecule has 0 amide bonds. The molecule has 5 rings (SSSR count). The van der Waals surface area contributed by atoms with E-state index in [1.54, 1.807) is 0 Å². The van der Waals surface area contributed by atoms with Crippen LogP contribution in [-0.4, -0.2) is 22.8 Å². The van der Waals surface area contributed by atoms with Crippen LogP contribution in [0.4, 0.5) is 0 Å². The lowest BCUT2D eigenvalue weighted by Crippen LogP contribution is -2.72. The Hall–Kier alpha value is -0.700. The Morgan fingerprint density at radius 2 is 1.33 bits per heavy atom. The van der Waals surface area contributed by atoms with E-state index in [-0.39, 0.29) is 52.0 Å². The van der Waals surface area contributed by atoms with Gasteiger partial charge < -0.3 is 5.11 Å². The van der Waals surface area contributed by atoms with Gasteiger partial charge in [0.2, 0.25) is 0 Å². The Labute approximate surface area is 201 Å². The van der Waals surface area contributed by atoms with Crippen molar-refractivity contribution < 1.29 is 14.7 Å². The van der Waals surface area contributed by atoms with Crippen LogP contribution in [0.25, 0.3) is 0 Å². The van der Waals surface area contributed by atoms with Crippen molar-refractivity contribution in [2.24, 2.45) is 56.2 Å². The highest BCUT2D eigenvalue weighted by molar-refractivity contribution is 6.04. The lowest BCUT2D eigenvalue weighted by molar-refractivity contribution is -0.276. The number of rotatable bonds is 0. The SMILES string of the molecule is C[C@H]1C(=O)CC(=O)C2[C@]3(C)CCC4(C)[C@@H]5CC(C)(C)CC[C@]5(C)CC[C@]4(C)C3[C@H](O)C[C@@]21C. The summed E-state index contributed by atoms with van der Waals surface area (Å²) in [6.07, 6.45) is 8.70. The van der Waals surface area contributed by atoms with Gasteiger partial charge in [-0.1, -0.05) is 55.4 Å². The Balaban J connectivity index is 1.61. The summed E-state index contributed by atoms with van der Waals surface area (Å²) in [5.41, 5.74) is 0.319. The van der Waals surface area contributed by atoms with Gasteiger partial charge in [-0.15, -0.1) is 0 Å². The van der Waals surface area contributed by atoms with Gasteiger partial charge in [0.25, 0.3) is 0 Å². The topological polar surface area (TPSA) is 54.4 Å². The molecule has 5 aliphatic rings. The number of carbonyl (C=O) groups is 2. The minimum Gasteiger partial charge on any atom is -0.393 e. The molecule has 0 spiro atoms. The predicted molar refractivity (Wildman–Crippen MR) is 132 cm³/mol. The van der Waals surface area contributed by atoms with Crippen LogP contribution in [0.5, 0.6) is 0 Å². The average molecular weight is 457 g/mol. The molecule has 5 saturated carbocycles. The predicted octanol–water partition coefficient (Wildman–Crippen LogP) is 6.61. The van der Waals surface area contributed by atoms with Gasteiger partial charge in [0.15, 0.2) is 0 Å². The van der Waals surface area contributed by atoms with Crippen molar-refractivity contribution in [3.63, 3.8) is 0 Å². The zero-order chi connectivity index (χ0) is 24.4. The third kappa shape index (κ3) is 2.84. The van der Waals surface area contributed by atoms with Crippen molar-refractivity contribution in [3.8, 4) is 0 Å². The maximum Gasteiger partial charge on any atom is 0.144 e. The fraction of sp³-hybridized carbons (Fsp3) is 0.933. The van der Waals surface area contributed by atoms with Crippen molar-refractivity contribution in [3.05, 3.63) is 0 Å². The van der Waals surface area contributed by atoms with Gasteiger partial charge in [-0.2, -0.15) is 0 Å². The first-order valence-corrected chi connectivity index (χ1v) is 13.8. The molecule has 0 aliphatic heterocycles. The lowest BCUT2D eigenvalue weighted by Gasteiger charge is -2.75. The van der Waals surface area contributed by atoms with Gasteiger partial charge in [-0.05, 0) is 95.7 Å². The van der Waals surface area contributed by atoms with E-state index < -0.39 is 11.5 Å². The number of Topliss-reactive ketones (excluding diaryl/α,β-unsaturated/α-hetero) is 2. The zero-order valence-corrected chi connectivity index (χ0v) is 22.5. The molecule has 5 aliphatic carbocycles. The summed E-state index contributed by atoms with van der Waals surface area (Å²) in [5.74, 6) is 0.774. The fourth-order valence-electron chi connectivity index (χ4n) is 11.2. The molecule has 10 atom stereocenters. The Morgan fingerprint density at radius 1 is 0.727 bits per heavy atom. The van der Waals surface area contributed by atoms with Crippen LogP contribution in [0.2, 0.25) is 0 Å². The van der Waals surface area contributed by atoms with Crippen LogP contribution in [0.1, 0.15) is 113 Å². The first kappa shape index (κ1) is 24.0. The number of fused-ring (bicyclic) bond motifs is 7. The number of aliphatic hydroxyl groups is 1. The van der Waals surface area contributed by atoms with Gasteiger partial charge in [0, 0.05) is 11.8 Å². The van der Waals surface area contributed by atoms with Crippen molar-refractivity contribution in [2.45, 2.75) is 119 Å². The average Bonchev–Trinajstić information content (AvgIpc) is 2.69. The molecule has 0 aromatic rings. The molecule has 0 saturated heterocycles. The van der Waals surface area contributed by atoms with Crippen LogP contribution in [0.3, 0.4) is 0 Å².